The summed E-state index contributed by atoms with van der Waals surface area (Å²) in [4.78, 5) is 7.32. The van der Waals surface area contributed by atoms with Crippen LogP contribution in [0.5, 0.6) is 0 Å². The van der Waals surface area contributed by atoms with Gasteiger partial charge in [0.1, 0.15) is 11.9 Å². The number of hydrogen-bond acceptors (Lipinski definition) is 2. The molecule has 13 heavy (non-hydrogen) atoms. The normalized spacial score (nSPS) is 13.5. The van der Waals surface area contributed by atoms with E-state index in [2.05, 4.69) is 9.97 Å². The molecule has 0 aliphatic carbocycles. The summed E-state index contributed by atoms with van der Waals surface area (Å²) >= 11 is 0. The topological polar surface area (TPSA) is 48.9 Å². The Morgan fingerprint density at radius 3 is 2.92 bits per heavy atom. The minimum Gasteiger partial charge on any atom is -0.385 e. The van der Waals surface area contributed by atoms with Gasteiger partial charge in [-0.1, -0.05) is 6.07 Å². The monoisotopic (exact) mass is 176 g/mol. The van der Waals surface area contributed by atoms with Crippen molar-refractivity contribution in [1.29, 1.82) is 0 Å². The smallest absolute Gasteiger partial charge is 0.135 e. The van der Waals surface area contributed by atoms with Crippen molar-refractivity contribution in [3.05, 3.63) is 29.6 Å². The van der Waals surface area contributed by atoms with E-state index in [1.165, 1.54) is 5.56 Å². The molecule has 0 aliphatic heterocycles. The van der Waals surface area contributed by atoms with E-state index in [0.29, 0.717) is 5.82 Å². The Morgan fingerprint density at radius 2 is 2.23 bits per heavy atom. The van der Waals surface area contributed by atoms with Gasteiger partial charge < -0.3 is 10.1 Å². The summed E-state index contributed by atoms with van der Waals surface area (Å²) in [5.41, 5.74) is 3.07. The van der Waals surface area contributed by atoms with Crippen LogP contribution >= 0.6 is 0 Å². The lowest BCUT2D eigenvalue weighted by molar-refractivity contribution is 0.190. The SMILES string of the molecule is Cc1ccc2nc([C@@H](C)O)[nH]c2c1. The second kappa shape index (κ2) is 2.85. The lowest BCUT2D eigenvalue weighted by Crippen LogP contribution is -1.92. The van der Waals surface area contributed by atoms with E-state index in [1.807, 2.05) is 25.1 Å². The highest BCUT2D eigenvalue weighted by Gasteiger charge is 2.06. The molecule has 1 heterocycles. The summed E-state index contributed by atoms with van der Waals surface area (Å²) in [5.74, 6) is 0.626. The molecule has 0 amide bonds. The van der Waals surface area contributed by atoms with Crippen molar-refractivity contribution in [3.8, 4) is 0 Å². The van der Waals surface area contributed by atoms with Crippen LogP contribution in [0.3, 0.4) is 0 Å². The van der Waals surface area contributed by atoms with Crippen molar-refractivity contribution >= 4 is 11.0 Å². The summed E-state index contributed by atoms with van der Waals surface area (Å²) < 4.78 is 0. The van der Waals surface area contributed by atoms with Crippen molar-refractivity contribution in [2.24, 2.45) is 0 Å². The Hall–Kier alpha value is -1.35. The fourth-order valence-electron chi connectivity index (χ4n) is 1.34. The van der Waals surface area contributed by atoms with Crippen LogP contribution in [-0.4, -0.2) is 15.1 Å². The Kier molecular flexibility index (Phi) is 1.81. The third kappa shape index (κ3) is 1.42. The number of hydrogen-bond donors (Lipinski definition) is 2. The van der Waals surface area contributed by atoms with Crippen molar-refractivity contribution in [2.45, 2.75) is 20.0 Å². The fourth-order valence-corrected chi connectivity index (χ4v) is 1.34. The number of aryl methyl sites for hydroxylation is 1. The van der Waals surface area contributed by atoms with Gasteiger partial charge in [-0.3, -0.25) is 0 Å². The van der Waals surface area contributed by atoms with E-state index in [0.717, 1.165) is 11.0 Å². The number of H-pyrrole nitrogens is 1. The van der Waals surface area contributed by atoms with Crippen LogP contribution in [-0.2, 0) is 0 Å². The largest absolute Gasteiger partial charge is 0.385 e. The zero-order valence-corrected chi connectivity index (χ0v) is 7.70. The molecule has 3 nitrogen and oxygen atoms in total. The molecule has 1 atom stereocenters. The number of imidazole rings is 1. The highest BCUT2D eigenvalue weighted by molar-refractivity contribution is 5.75. The van der Waals surface area contributed by atoms with Gasteiger partial charge in [0, 0.05) is 0 Å². The molecule has 0 fully saturated rings. The molecule has 2 N–H and O–H groups in total. The van der Waals surface area contributed by atoms with E-state index in [-0.39, 0.29) is 0 Å². The van der Waals surface area contributed by atoms with Gasteiger partial charge in [0.2, 0.25) is 0 Å². The highest BCUT2D eigenvalue weighted by atomic mass is 16.3. The molecule has 0 bridgehead atoms. The van der Waals surface area contributed by atoms with Gasteiger partial charge in [0.15, 0.2) is 0 Å². The van der Waals surface area contributed by atoms with Crippen molar-refractivity contribution in [2.75, 3.05) is 0 Å². The van der Waals surface area contributed by atoms with Crippen LogP contribution in [0.4, 0.5) is 0 Å². The van der Waals surface area contributed by atoms with Crippen LogP contribution in [0.25, 0.3) is 11.0 Å². The highest BCUT2D eigenvalue weighted by Crippen LogP contribution is 2.16. The summed E-state index contributed by atoms with van der Waals surface area (Å²) in [6.45, 7) is 3.73. The maximum atomic E-state index is 9.30. The summed E-state index contributed by atoms with van der Waals surface area (Å²) in [7, 11) is 0. The molecule has 0 radical (unpaired) electrons. The van der Waals surface area contributed by atoms with Crippen molar-refractivity contribution in [1.82, 2.24) is 9.97 Å². The van der Waals surface area contributed by atoms with Crippen LogP contribution in [0.15, 0.2) is 18.2 Å². The molecule has 68 valence electrons. The average Bonchev–Trinajstić information content (AvgIpc) is 2.46. The molecule has 0 spiro atoms. The zero-order chi connectivity index (χ0) is 9.42. The average molecular weight is 176 g/mol. The minimum atomic E-state index is -0.535. The third-order valence-corrected chi connectivity index (χ3v) is 2.05. The summed E-state index contributed by atoms with van der Waals surface area (Å²) in [6.07, 6.45) is -0.535. The van der Waals surface area contributed by atoms with Crippen molar-refractivity contribution in [3.63, 3.8) is 0 Å². The molecule has 2 aromatic rings. The Morgan fingerprint density at radius 1 is 1.46 bits per heavy atom. The first-order valence-electron chi connectivity index (χ1n) is 4.31. The van der Waals surface area contributed by atoms with E-state index in [9.17, 15) is 5.11 Å². The standard InChI is InChI=1S/C10H12N2O/c1-6-3-4-8-9(5-6)12-10(11-8)7(2)13/h3-5,7,13H,1-2H3,(H,11,12)/t7-/m1/s1. The molecule has 0 aliphatic rings. The number of aromatic nitrogens is 2. The molecular formula is C10H12N2O. The van der Waals surface area contributed by atoms with Crippen LogP contribution < -0.4 is 0 Å². The van der Waals surface area contributed by atoms with Gasteiger partial charge in [-0.05, 0) is 31.5 Å². The molecule has 0 unspecified atom stereocenters. The minimum absolute atomic E-state index is 0.535. The summed E-state index contributed by atoms with van der Waals surface area (Å²) in [5, 5.41) is 9.30. The maximum Gasteiger partial charge on any atom is 0.135 e. The molecule has 0 saturated carbocycles. The number of aliphatic hydroxyl groups is 1. The Labute approximate surface area is 76.4 Å². The molecular weight excluding hydrogens is 164 g/mol. The van der Waals surface area contributed by atoms with Gasteiger partial charge in [-0.2, -0.15) is 0 Å². The van der Waals surface area contributed by atoms with Crippen LogP contribution in [0.1, 0.15) is 24.4 Å². The van der Waals surface area contributed by atoms with Gasteiger partial charge in [-0.15, -0.1) is 0 Å². The number of aliphatic hydroxyl groups excluding tert-OH is 1. The number of aromatic amines is 1. The molecule has 0 saturated heterocycles. The fraction of sp³-hybridized carbons (Fsp3) is 0.300. The predicted octanol–water partition coefficient (Wildman–Crippen LogP) is 1.92. The van der Waals surface area contributed by atoms with E-state index in [1.54, 1.807) is 6.92 Å². The summed E-state index contributed by atoms with van der Waals surface area (Å²) in [6, 6.07) is 5.98. The quantitative estimate of drug-likeness (QED) is 0.697. The van der Waals surface area contributed by atoms with E-state index >= 15 is 0 Å². The number of rotatable bonds is 1. The lowest BCUT2D eigenvalue weighted by Gasteiger charge is -1.95. The molecule has 3 heteroatoms. The predicted molar refractivity (Wildman–Crippen MR) is 51.5 cm³/mol. The number of nitrogens with one attached hydrogen (secondary N) is 1. The second-order valence-electron chi connectivity index (χ2n) is 3.32. The first kappa shape index (κ1) is 8.26. The van der Waals surface area contributed by atoms with Gasteiger partial charge in [0.05, 0.1) is 11.0 Å². The van der Waals surface area contributed by atoms with Gasteiger partial charge >= 0.3 is 0 Å². The second-order valence-corrected chi connectivity index (χ2v) is 3.32. The lowest BCUT2D eigenvalue weighted by atomic mass is 10.2. The molecule has 2 rings (SSSR count). The molecule has 1 aromatic heterocycles. The van der Waals surface area contributed by atoms with E-state index in [4.69, 9.17) is 0 Å². The van der Waals surface area contributed by atoms with Crippen molar-refractivity contribution < 1.29 is 5.11 Å². The number of nitrogens with zero attached hydrogens (tertiary/aromatic N) is 1. The Bertz CT molecular complexity index is 431. The number of fused-ring (bicyclic) bond motifs is 1. The Balaban J connectivity index is 2.62. The number of benzene rings is 1. The van der Waals surface area contributed by atoms with Gasteiger partial charge in [0.25, 0.3) is 0 Å². The van der Waals surface area contributed by atoms with Crippen LogP contribution in [0, 0.1) is 6.92 Å². The maximum absolute atomic E-state index is 9.30. The van der Waals surface area contributed by atoms with E-state index < -0.39 is 6.10 Å². The zero-order valence-electron chi connectivity index (χ0n) is 7.70. The third-order valence-electron chi connectivity index (χ3n) is 2.05. The molecule has 1 aromatic carbocycles. The van der Waals surface area contributed by atoms with Gasteiger partial charge in [-0.25, -0.2) is 4.98 Å². The first-order chi connectivity index (χ1) is 6.16. The van der Waals surface area contributed by atoms with Crippen LogP contribution in [0.2, 0.25) is 0 Å². The first-order valence-corrected chi connectivity index (χ1v) is 4.31.